The van der Waals surface area contributed by atoms with Crippen molar-refractivity contribution in [3.05, 3.63) is 28.3 Å². The molecule has 1 aliphatic carbocycles. The van der Waals surface area contributed by atoms with E-state index in [1.807, 2.05) is 6.07 Å². The molecule has 104 valence electrons. The van der Waals surface area contributed by atoms with E-state index in [-0.39, 0.29) is 12.3 Å². The van der Waals surface area contributed by atoms with Crippen LogP contribution in [-0.2, 0) is 11.2 Å². The SMILES string of the molecule is CCc1c(OC)cc(Cl)cc1C(CC(=O)O)C1CC1. The summed E-state index contributed by atoms with van der Waals surface area (Å²) in [6.45, 7) is 2.06. The van der Waals surface area contributed by atoms with Gasteiger partial charge in [0, 0.05) is 5.02 Å². The molecule has 1 aliphatic rings. The van der Waals surface area contributed by atoms with Crippen LogP contribution in [0.4, 0.5) is 0 Å². The van der Waals surface area contributed by atoms with Crippen molar-refractivity contribution in [3.8, 4) is 5.75 Å². The molecule has 1 atom stereocenters. The monoisotopic (exact) mass is 282 g/mol. The highest BCUT2D eigenvalue weighted by molar-refractivity contribution is 6.30. The van der Waals surface area contributed by atoms with Crippen LogP contribution >= 0.6 is 11.6 Å². The van der Waals surface area contributed by atoms with E-state index in [0.717, 1.165) is 36.1 Å². The Bertz CT molecular complexity index is 481. The summed E-state index contributed by atoms with van der Waals surface area (Å²) in [6.07, 6.45) is 3.20. The van der Waals surface area contributed by atoms with E-state index < -0.39 is 5.97 Å². The lowest BCUT2D eigenvalue weighted by Gasteiger charge is -2.21. The van der Waals surface area contributed by atoms with Crippen molar-refractivity contribution in [2.45, 2.75) is 38.5 Å². The highest BCUT2D eigenvalue weighted by Crippen LogP contribution is 2.47. The number of hydrogen-bond donors (Lipinski definition) is 1. The molecule has 0 saturated heterocycles. The van der Waals surface area contributed by atoms with Crippen LogP contribution in [0.2, 0.25) is 5.02 Å². The van der Waals surface area contributed by atoms with Gasteiger partial charge in [-0.2, -0.15) is 0 Å². The zero-order chi connectivity index (χ0) is 14.0. The summed E-state index contributed by atoms with van der Waals surface area (Å²) in [6, 6.07) is 3.71. The number of halogens is 1. The first-order valence-corrected chi connectivity index (χ1v) is 7.02. The predicted molar refractivity (Wildman–Crippen MR) is 75.1 cm³/mol. The summed E-state index contributed by atoms with van der Waals surface area (Å²) in [4.78, 5) is 11.1. The lowest BCUT2D eigenvalue weighted by Crippen LogP contribution is -2.11. The molecule has 0 amide bonds. The van der Waals surface area contributed by atoms with Gasteiger partial charge in [0.15, 0.2) is 0 Å². The van der Waals surface area contributed by atoms with E-state index in [9.17, 15) is 4.79 Å². The minimum atomic E-state index is -0.752. The molecule has 19 heavy (non-hydrogen) atoms. The maximum atomic E-state index is 11.1. The van der Waals surface area contributed by atoms with Crippen molar-refractivity contribution < 1.29 is 14.6 Å². The van der Waals surface area contributed by atoms with E-state index >= 15 is 0 Å². The fourth-order valence-corrected chi connectivity index (χ4v) is 2.96. The number of aliphatic carboxylic acids is 1. The Morgan fingerprint density at radius 2 is 2.21 bits per heavy atom. The largest absolute Gasteiger partial charge is 0.496 e. The van der Waals surface area contributed by atoms with Crippen LogP contribution in [-0.4, -0.2) is 18.2 Å². The standard InChI is InChI=1S/C15H19ClO3/c1-3-11-13(6-10(16)7-14(11)19-2)12(8-15(17)18)9-4-5-9/h6-7,9,12H,3-5,8H2,1-2H3,(H,17,18). The molecule has 0 bridgehead atoms. The predicted octanol–water partition coefficient (Wildman–Crippen LogP) is 3.88. The number of carboxylic acid groups (broad SMARTS) is 1. The van der Waals surface area contributed by atoms with E-state index in [1.165, 1.54) is 0 Å². The van der Waals surface area contributed by atoms with Gasteiger partial charge >= 0.3 is 5.97 Å². The van der Waals surface area contributed by atoms with Gasteiger partial charge in [0.1, 0.15) is 5.75 Å². The van der Waals surface area contributed by atoms with Crippen molar-refractivity contribution in [1.82, 2.24) is 0 Å². The van der Waals surface area contributed by atoms with Crippen LogP contribution in [0.1, 0.15) is 43.2 Å². The van der Waals surface area contributed by atoms with Gasteiger partial charge in [-0.1, -0.05) is 18.5 Å². The van der Waals surface area contributed by atoms with Crippen LogP contribution in [0.15, 0.2) is 12.1 Å². The summed E-state index contributed by atoms with van der Waals surface area (Å²) >= 11 is 6.14. The molecule has 1 N–H and O–H groups in total. The average molecular weight is 283 g/mol. The second-order valence-electron chi connectivity index (χ2n) is 5.07. The summed E-state index contributed by atoms with van der Waals surface area (Å²) in [5, 5.41) is 9.73. The van der Waals surface area contributed by atoms with Crippen LogP contribution in [0, 0.1) is 5.92 Å². The first kappa shape index (κ1) is 14.2. The Hall–Kier alpha value is -1.22. The number of carbonyl (C=O) groups is 1. The van der Waals surface area contributed by atoms with Gasteiger partial charge in [-0.15, -0.1) is 0 Å². The highest BCUT2D eigenvalue weighted by atomic mass is 35.5. The quantitative estimate of drug-likeness (QED) is 0.861. The number of hydrogen-bond acceptors (Lipinski definition) is 2. The normalized spacial score (nSPS) is 16.2. The van der Waals surface area contributed by atoms with Gasteiger partial charge in [0.25, 0.3) is 0 Å². The average Bonchev–Trinajstić information content (AvgIpc) is 3.18. The van der Waals surface area contributed by atoms with Crippen LogP contribution < -0.4 is 4.74 Å². The Kier molecular flexibility index (Phi) is 4.35. The van der Waals surface area contributed by atoms with E-state index in [1.54, 1.807) is 13.2 Å². The smallest absolute Gasteiger partial charge is 0.303 e. The summed E-state index contributed by atoms with van der Waals surface area (Å²) in [5.41, 5.74) is 2.14. The molecule has 1 unspecified atom stereocenters. The Balaban J connectivity index is 2.45. The second kappa shape index (κ2) is 5.83. The van der Waals surface area contributed by atoms with Gasteiger partial charge < -0.3 is 9.84 Å². The first-order valence-electron chi connectivity index (χ1n) is 6.64. The fourth-order valence-electron chi connectivity index (χ4n) is 2.74. The molecule has 1 aromatic rings. The fraction of sp³-hybridized carbons (Fsp3) is 0.533. The van der Waals surface area contributed by atoms with E-state index in [2.05, 4.69) is 6.92 Å². The number of carboxylic acids is 1. The van der Waals surface area contributed by atoms with Crippen molar-refractivity contribution in [3.63, 3.8) is 0 Å². The molecule has 0 aromatic heterocycles. The third-order valence-corrected chi connectivity index (χ3v) is 3.98. The zero-order valence-corrected chi connectivity index (χ0v) is 12.0. The summed E-state index contributed by atoms with van der Waals surface area (Å²) < 4.78 is 5.38. The highest BCUT2D eigenvalue weighted by Gasteiger charge is 2.35. The Morgan fingerprint density at radius 1 is 1.53 bits per heavy atom. The minimum Gasteiger partial charge on any atom is -0.496 e. The third kappa shape index (κ3) is 3.21. The van der Waals surface area contributed by atoms with Gasteiger partial charge in [0.05, 0.1) is 13.5 Å². The molecule has 1 saturated carbocycles. The van der Waals surface area contributed by atoms with Crippen molar-refractivity contribution in [1.29, 1.82) is 0 Å². The third-order valence-electron chi connectivity index (χ3n) is 3.77. The summed E-state index contributed by atoms with van der Waals surface area (Å²) in [7, 11) is 1.62. The maximum Gasteiger partial charge on any atom is 0.303 e. The molecule has 2 rings (SSSR count). The molecule has 1 fully saturated rings. The lowest BCUT2D eigenvalue weighted by atomic mass is 9.86. The first-order chi connectivity index (χ1) is 9.06. The van der Waals surface area contributed by atoms with Crippen LogP contribution in [0.25, 0.3) is 0 Å². The molecule has 1 aromatic carbocycles. The molecular formula is C15H19ClO3. The number of rotatable bonds is 6. The van der Waals surface area contributed by atoms with Gasteiger partial charge in [-0.25, -0.2) is 0 Å². The molecule has 0 spiro atoms. The number of benzene rings is 1. The molecule has 0 heterocycles. The van der Waals surface area contributed by atoms with Crippen LogP contribution in [0.5, 0.6) is 5.75 Å². The second-order valence-corrected chi connectivity index (χ2v) is 5.51. The van der Waals surface area contributed by atoms with Gasteiger partial charge in [0.2, 0.25) is 0 Å². The Labute approximate surface area is 118 Å². The minimum absolute atomic E-state index is 0.0556. The van der Waals surface area contributed by atoms with Crippen LogP contribution in [0.3, 0.4) is 0 Å². The van der Waals surface area contributed by atoms with Crippen molar-refractivity contribution in [2.24, 2.45) is 5.92 Å². The van der Waals surface area contributed by atoms with Crippen molar-refractivity contribution >= 4 is 17.6 Å². The van der Waals surface area contributed by atoms with Gasteiger partial charge in [-0.3, -0.25) is 4.79 Å². The topological polar surface area (TPSA) is 46.5 Å². The molecule has 4 heteroatoms. The number of methoxy groups -OCH3 is 1. The maximum absolute atomic E-state index is 11.1. The molecular weight excluding hydrogens is 264 g/mol. The number of ether oxygens (including phenoxy) is 1. The molecule has 0 radical (unpaired) electrons. The Morgan fingerprint density at radius 3 is 2.68 bits per heavy atom. The molecule has 0 aliphatic heterocycles. The van der Waals surface area contributed by atoms with E-state index in [0.29, 0.717) is 10.9 Å². The zero-order valence-electron chi connectivity index (χ0n) is 11.3. The molecule has 3 nitrogen and oxygen atoms in total. The lowest BCUT2D eigenvalue weighted by molar-refractivity contribution is -0.137. The van der Waals surface area contributed by atoms with Gasteiger partial charge in [-0.05, 0) is 54.4 Å². The van der Waals surface area contributed by atoms with E-state index in [4.69, 9.17) is 21.4 Å². The van der Waals surface area contributed by atoms with Crippen molar-refractivity contribution in [2.75, 3.05) is 7.11 Å². The summed E-state index contributed by atoms with van der Waals surface area (Å²) in [5.74, 6) is 0.545.